The summed E-state index contributed by atoms with van der Waals surface area (Å²) in [6, 6.07) is 12.7. The Balaban J connectivity index is 1.54. The van der Waals surface area contributed by atoms with E-state index in [9.17, 15) is 18.8 Å². The van der Waals surface area contributed by atoms with Crippen LogP contribution in [0.3, 0.4) is 0 Å². The van der Waals surface area contributed by atoms with Crippen LogP contribution in [0.1, 0.15) is 11.1 Å². The van der Waals surface area contributed by atoms with Gasteiger partial charge in [-0.2, -0.15) is 0 Å². The minimum atomic E-state index is -0.431. The van der Waals surface area contributed by atoms with Gasteiger partial charge in [-0.25, -0.2) is 4.39 Å². The zero-order valence-corrected chi connectivity index (χ0v) is 16.2. The van der Waals surface area contributed by atoms with Gasteiger partial charge in [0.05, 0.1) is 11.3 Å². The molecule has 28 heavy (non-hydrogen) atoms. The van der Waals surface area contributed by atoms with Gasteiger partial charge < -0.3 is 5.32 Å². The minimum Gasteiger partial charge on any atom is -0.354 e. The van der Waals surface area contributed by atoms with Crippen molar-refractivity contribution in [3.05, 3.63) is 75.4 Å². The van der Waals surface area contributed by atoms with Crippen LogP contribution in [-0.4, -0.2) is 35.0 Å². The average molecular weight is 419 g/mol. The normalized spacial score (nSPS) is 15.4. The SMILES string of the molecule is O=C(Cc1ccccc1Cl)NCCN1C(=O)S/C(=C\c2ccc(F)cc2)C1=O. The number of amides is 3. The maximum atomic E-state index is 13.0. The summed E-state index contributed by atoms with van der Waals surface area (Å²) in [6.07, 6.45) is 1.66. The molecule has 0 saturated carbocycles. The van der Waals surface area contributed by atoms with Gasteiger partial charge >= 0.3 is 0 Å². The van der Waals surface area contributed by atoms with E-state index in [0.29, 0.717) is 16.1 Å². The highest BCUT2D eigenvalue weighted by Gasteiger charge is 2.34. The number of rotatable bonds is 6. The van der Waals surface area contributed by atoms with Gasteiger partial charge in [0.25, 0.3) is 11.1 Å². The second-order valence-electron chi connectivity index (χ2n) is 6.00. The van der Waals surface area contributed by atoms with Gasteiger partial charge in [-0.15, -0.1) is 0 Å². The fourth-order valence-electron chi connectivity index (χ4n) is 2.59. The van der Waals surface area contributed by atoms with Crippen LogP contribution in [0.4, 0.5) is 9.18 Å². The number of hydrogen-bond acceptors (Lipinski definition) is 4. The highest BCUT2D eigenvalue weighted by Crippen LogP contribution is 2.31. The lowest BCUT2D eigenvalue weighted by Gasteiger charge is -2.13. The monoisotopic (exact) mass is 418 g/mol. The largest absolute Gasteiger partial charge is 0.354 e. The summed E-state index contributed by atoms with van der Waals surface area (Å²) in [5.41, 5.74) is 1.33. The lowest BCUT2D eigenvalue weighted by atomic mass is 10.1. The first-order chi connectivity index (χ1) is 13.4. The van der Waals surface area contributed by atoms with E-state index in [1.54, 1.807) is 30.3 Å². The van der Waals surface area contributed by atoms with Crippen molar-refractivity contribution in [1.82, 2.24) is 10.2 Å². The Bertz CT molecular complexity index is 947. The molecule has 0 unspecified atom stereocenters. The van der Waals surface area contributed by atoms with Crippen molar-refractivity contribution in [1.29, 1.82) is 0 Å². The third kappa shape index (κ3) is 4.99. The van der Waals surface area contributed by atoms with Crippen molar-refractivity contribution in [3.63, 3.8) is 0 Å². The molecule has 0 atom stereocenters. The van der Waals surface area contributed by atoms with E-state index in [0.717, 1.165) is 16.7 Å². The predicted molar refractivity (Wildman–Crippen MR) is 107 cm³/mol. The summed E-state index contributed by atoms with van der Waals surface area (Å²) in [4.78, 5) is 37.9. The Morgan fingerprint density at radius 1 is 1.14 bits per heavy atom. The Kier molecular flexibility index (Phi) is 6.49. The van der Waals surface area contributed by atoms with Gasteiger partial charge in [0.2, 0.25) is 5.91 Å². The molecule has 0 aliphatic carbocycles. The highest BCUT2D eigenvalue weighted by atomic mass is 35.5. The first-order valence-corrected chi connectivity index (χ1v) is 9.64. The van der Waals surface area contributed by atoms with Gasteiger partial charge in [-0.05, 0) is 47.2 Å². The zero-order valence-electron chi connectivity index (χ0n) is 14.7. The number of thioether (sulfide) groups is 1. The van der Waals surface area contributed by atoms with Gasteiger partial charge in [-0.3, -0.25) is 19.3 Å². The summed E-state index contributed by atoms with van der Waals surface area (Å²) in [7, 11) is 0. The molecule has 3 amide bonds. The van der Waals surface area contributed by atoms with Crippen LogP contribution >= 0.6 is 23.4 Å². The van der Waals surface area contributed by atoms with E-state index in [1.807, 2.05) is 0 Å². The van der Waals surface area contributed by atoms with Crippen LogP contribution in [0.25, 0.3) is 6.08 Å². The second kappa shape index (κ2) is 9.03. The van der Waals surface area contributed by atoms with Crippen molar-refractivity contribution < 1.29 is 18.8 Å². The molecular weight excluding hydrogens is 403 g/mol. The number of imide groups is 1. The summed E-state index contributed by atoms with van der Waals surface area (Å²) in [6.45, 7) is 0.213. The van der Waals surface area contributed by atoms with E-state index >= 15 is 0 Å². The molecule has 1 aliphatic rings. The molecule has 5 nitrogen and oxygen atoms in total. The van der Waals surface area contributed by atoms with Crippen molar-refractivity contribution >= 4 is 46.5 Å². The third-order valence-electron chi connectivity index (χ3n) is 4.01. The first kappa shape index (κ1) is 20.1. The summed E-state index contributed by atoms with van der Waals surface area (Å²) >= 11 is 6.85. The minimum absolute atomic E-state index is 0.0691. The lowest BCUT2D eigenvalue weighted by Crippen LogP contribution is -2.37. The fourth-order valence-corrected chi connectivity index (χ4v) is 3.66. The number of nitrogens with zero attached hydrogens (tertiary/aromatic N) is 1. The number of hydrogen-bond donors (Lipinski definition) is 1. The number of nitrogens with one attached hydrogen (secondary N) is 1. The van der Waals surface area contributed by atoms with E-state index in [1.165, 1.54) is 24.3 Å². The molecule has 1 heterocycles. The maximum Gasteiger partial charge on any atom is 0.293 e. The molecular formula is C20H16ClFN2O3S. The molecule has 0 bridgehead atoms. The highest BCUT2D eigenvalue weighted by molar-refractivity contribution is 8.18. The number of carbonyl (C=O) groups excluding carboxylic acids is 3. The molecule has 144 valence electrons. The quantitative estimate of drug-likeness (QED) is 0.723. The van der Waals surface area contributed by atoms with Crippen LogP contribution in [0.5, 0.6) is 0 Å². The first-order valence-electron chi connectivity index (χ1n) is 8.45. The molecule has 0 spiro atoms. The smallest absolute Gasteiger partial charge is 0.293 e. The topological polar surface area (TPSA) is 66.5 Å². The predicted octanol–water partition coefficient (Wildman–Crippen LogP) is 3.87. The second-order valence-corrected chi connectivity index (χ2v) is 7.40. The molecule has 3 rings (SSSR count). The molecule has 1 saturated heterocycles. The maximum absolute atomic E-state index is 13.0. The number of halogens is 2. The third-order valence-corrected chi connectivity index (χ3v) is 5.28. The standard InChI is InChI=1S/C20H16ClFN2O3S/c21-16-4-2-1-3-14(16)12-18(25)23-9-10-24-19(26)17(28-20(24)27)11-13-5-7-15(22)8-6-13/h1-8,11H,9-10,12H2,(H,23,25)/b17-11-. The molecule has 1 N–H and O–H groups in total. The van der Waals surface area contributed by atoms with E-state index in [-0.39, 0.29) is 36.1 Å². The Labute approximate surface area is 170 Å². The summed E-state index contributed by atoms with van der Waals surface area (Å²) < 4.78 is 13.0. The lowest BCUT2D eigenvalue weighted by molar-refractivity contribution is -0.124. The molecule has 1 aliphatic heterocycles. The van der Waals surface area contributed by atoms with Gasteiger partial charge in [0, 0.05) is 18.1 Å². The van der Waals surface area contributed by atoms with E-state index in [4.69, 9.17) is 11.6 Å². The Hall–Kier alpha value is -2.64. The van der Waals surface area contributed by atoms with Crippen LogP contribution in [-0.2, 0) is 16.0 Å². The van der Waals surface area contributed by atoms with E-state index < -0.39 is 11.1 Å². The van der Waals surface area contributed by atoms with Crippen LogP contribution in [0.2, 0.25) is 5.02 Å². The number of carbonyl (C=O) groups is 3. The molecule has 2 aromatic carbocycles. The van der Waals surface area contributed by atoms with Crippen molar-refractivity contribution in [3.8, 4) is 0 Å². The Morgan fingerprint density at radius 2 is 1.86 bits per heavy atom. The Morgan fingerprint density at radius 3 is 2.57 bits per heavy atom. The number of benzene rings is 2. The van der Waals surface area contributed by atoms with Crippen LogP contribution < -0.4 is 5.32 Å². The molecule has 2 aromatic rings. The molecule has 8 heteroatoms. The van der Waals surface area contributed by atoms with Gasteiger partial charge in [0.1, 0.15) is 5.82 Å². The van der Waals surface area contributed by atoms with Crippen molar-refractivity contribution in [2.75, 3.05) is 13.1 Å². The van der Waals surface area contributed by atoms with Crippen LogP contribution in [0, 0.1) is 5.82 Å². The molecule has 1 fully saturated rings. The van der Waals surface area contributed by atoms with Gasteiger partial charge in [-0.1, -0.05) is 41.9 Å². The average Bonchev–Trinajstić information content (AvgIpc) is 2.93. The molecule has 0 aromatic heterocycles. The van der Waals surface area contributed by atoms with Crippen molar-refractivity contribution in [2.24, 2.45) is 0 Å². The summed E-state index contributed by atoms with van der Waals surface area (Å²) in [5, 5.41) is 2.79. The van der Waals surface area contributed by atoms with Crippen molar-refractivity contribution in [2.45, 2.75) is 6.42 Å². The fraction of sp³-hybridized carbons (Fsp3) is 0.150. The van der Waals surface area contributed by atoms with Crippen LogP contribution in [0.15, 0.2) is 53.4 Å². The van der Waals surface area contributed by atoms with E-state index in [2.05, 4.69) is 5.32 Å². The zero-order chi connectivity index (χ0) is 20.1. The molecule has 0 radical (unpaired) electrons. The summed E-state index contributed by atoms with van der Waals surface area (Å²) in [5.74, 6) is -1.06. The van der Waals surface area contributed by atoms with Gasteiger partial charge in [0.15, 0.2) is 0 Å².